The van der Waals surface area contributed by atoms with Gasteiger partial charge in [-0.15, -0.1) is 0 Å². The van der Waals surface area contributed by atoms with Crippen LogP contribution in [0.2, 0.25) is 0 Å². The van der Waals surface area contributed by atoms with E-state index in [4.69, 9.17) is 4.74 Å². The minimum Gasteiger partial charge on any atom is -0.378 e. The highest BCUT2D eigenvalue weighted by atomic mass is 16.5. The highest BCUT2D eigenvalue weighted by molar-refractivity contribution is 5.75. The second-order valence-corrected chi connectivity index (χ2v) is 5.28. The molecule has 4 nitrogen and oxygen atoms in total. The van der Waals surface area contributed by atoms with Gasteiger partial charge in [-0.05, 0) is 30.4 Å². The van der Waals surface area contributed by atoms with E-state index in [2.05, 4.69) is 17.4 Å². The zero-order valence-electron chi connectivity index (χ0n) is 11.1. The molecule has 1 fully saturated rings. The van der Waals surface area contributed by atoms with E-state index < -0.39 is 0 Å². The van der Waals surface area contributed by atoms with E-state index in [-0.39, 0.29) is 6.03 Å². The van der Waals surface area contributed by atoms with Gasteiger partial charge in [0, 0.05) is 26.2 Å². The quantitative estimate of drug-likeness (QED) is 0.906. The molecule has 102 valence electrons. The molecule has 3 rings (SSSR count). The first-order valence-corrected chi connectivity index (χ1v) is 7.04. The van der Waals surface area contributed by atoms with E-state index in [1.54, 1.807) is 0 Å². The van der Waals surface area contributed by atoms with Crippen LogP contribution in [0.3, 0.4) is 0 Å². The van der Waals surface area contributed by atoms with Gasteiger partial charge in [-0.2, -0.15) is 0 Å². The second-order valence-electron chi connectivity index (χ2n) is 5.28. The van der Waals surface area contributed by atoms with Gasteiger partial charge in [-0.3, -0.25) is 0 Å². The molecule has 1 saturated heterocycles. The van der Waals surface area contributed by atoms with E-state index >= 15 is 0 Å². The Morgan fingerprint density at radius 2 is 2.05 bits per heavy atom. The van der Waals surface area contributed by atoms with Gasteiger partial charge in [-0.1, -0.05) is 24.3 Å². The first-order valence-electron chi connectivity index (χ1n) is 7.04. The van der Waals surface area contributed by atoms with Gasteiger partial charge in [0.15, 0.2) is 0 Å². The third kappa shape index (κ3) is 2.89. The van der Waals surface area contributed by atoms with E-state index in [0.29, 0.717) is 12.6 Å². The monoisotopic (exact) mass is 260 g/mol. The van der Waals surface area contributed by atoms with Crippen LogP contribution in [0, 0.1) is 0 Å². The Bertz CT molecular complexity index is 430. The normalized spacial score (nSPS) is 21.5. The molecule has 2 aliphatic heterocycles. The number of carbonyl (C=O) groups is 1. The van der Waals surface area contributed by atoms with Gasteiger partial charge in [-0.25, -0.2) is 4.79 Å². The Morgan fingerprint density at radius 3 is 2.68 bits per heavy atom. The minimum atomic E-state index is 0.0363. The lowest BCUT2D eigenvalue weighted by atomic mass is 10.1. The van der Waals surface area contributed by atoms with Crippen molar-refractivity contribution in [1.82, 2.24) is 10.2 Å². The molecule has 0 radical (unpaired) electrons. The average Bonchev–Trinajstić information content (AvgIpc) is 3.07. The van der Waals surface area contributed by atoms with Gasteiger partial charge in [0.2, 0.25) is 0 Å². The molecule has 1 aromatic carbocycles. The summed E-state index contributed by atoms with van der Waals surface area (Å²) in [5, 5.41) is 2.99. The fourth-order valence-electron chi connectivity index (χ4n) is 2.80. The minimum absolute atomic E-state index is 0.0363. The third-order valence-corrected chi connectivity index (χ3v) is 3.89. The van der Waals surface area contributed by atoms with Crippen molar-refractivity contribution < 1.29 is 9.53 Å². The molecular formula is C15H20N2O2. The summed E-state index contributed by atoms with van der Waals surface area (Å²) < 4.78 is 5.55. The van der Waals surface area contributed by atoms with E-state index in [9.17, 15) is 4.79 Å². The first-order chi connectivity index (χ1) is 9.33. The van der Waals surface area contributed by atoms with Crippen LogP contribution in [0.4, 0.5) is 4.79 Å². The molecule has 2 heterocycles. The van der Waals surface area contributed by atoms with Crippen molar-refractivity contribution in [3.63, 3.8) is 0 Å². The highest BCUT2D eigenvalue weighted by Gasteiger charge is 2.23. The van der Waals surface area contributed by atoms with Crippen molar-refractivity contribution in [2.75, 3.05) is 13.2 Å². The number of hydrogen-bond donors (Lipinski definition) is 1. The summed E-state index contributed by atoms with van der Waals surface area (Å²) in [6.07, 6.45) is 3.55. The maximum Gasteiger partial charge on any atom is 0.318 e. The molecule has 0 saturated carbocycles. The summed E-state index contributed by atoms with van der Waals surface area (Å²) in [6.45, 7) is 3.03. The fourth-order valence-corrected chi connectivity index (χ4v) is 2.80. The lowest BCUT2D eigenvalue weighted by Crippen LogP contribution is -2.37. The zero-order chi connectivity index (χ0) is 13.1. The van der Waals surface area contributed by atoms with Crippen LogP contribution in [0.25, 0.3) is 0 Å². The van der Waals surface area contributed by atoms with E-state index in [0.717, 1.165) is 39.0 Å². The predicted molar refractivity (Wildman–Crippen MR) is 72.7 cm³/mol. The van der Waals surface area contributed by atoms with E-state index in [1.807, 2.05) is 17.0 Å². The van der Waals surface area contributed by atoms with Gasteiger partial charge in [0.1, 0.15) is 0 Å². The van der Waals surface area contributed by atoms with Crippen molar-refractivity contribution in [3.8, 4) is 0 Å². The standard InChI is InChI=1S/C15H20N2O2/c18-15(16-8-7-14-6-3-9-19-14)17-10-12-4-1-2-5-13(12)11-17/h1-2,4-5,14H,3,6-11H2,(H,16,18)/t14-/m0/s1. The first kappa shape index (κ1) is 12.5. The number of nitrogens with one attached hydrogen (secondary N) is 1. The fraction of sp³-hybridized carbons (Fsp3) is 0.533. The molecule has 2 amide bonds. The molecule has 4 heteroatoms. The lowest BCUT2D eigenvalue weighted by molar-refractivity contribution is 0.104. The van der Waals surface area contributed by atoms with Crippen LogP contribution < -0.4 is 5.32 Å². The molecule has 0 aromatic heterocycles. The second kappa shape index (κ2) is 5.61. The number of hydrogen-bond acceptors (Lipinski definition) is 2. The number of benzene rings is 1. The van der Waals surface area contributed by atoms with Crippen LogP contribution >= 0.6 is 0 Å². The summed E-state index contributed by atoms with van der Waals surface area (Å²) in [5.41, 5.74) is 2.52. The summed E-state index contributed by atoms with van der Waals surface area (Å²) in [6, 6.07) is 8.27. The van der Waals surface area contributed by atoms with Crippen LogP contribution in [0.5, 0.6) is 0 Å². The zero-order valence-corrected chi connectivity index (χ0v) is 11.1. The van der Waals surface area contributed by atoms with Gasteiger partial charge in [0.25, 0.3) is 0 Å². The molecule has 0 bridgehead atoms. The maximum absolute atomic E-state index is 12.1. The molecule has 19 heavy (non-hydrogen) atoms. The number of carbonyl (C=O) groups excluding carboxylic acids is 1. The summed E-state index contributed by atoms with van der Waals surface area (Å²) in [5.74, 6) is 0. The van der Waals surface area contributed by atoms with Crippen LogP contribution in [-0.4, -0.2) is 30.2 Å². The number of rotatable bonds is 3. The molecular weight excluding hydrogens is 240 g/mol. The van der Waals surface area contributed by atoms with Crippen LogP contribution in [0.1, 0.15) is 30.4 Å². The van der Waals surface area contributed by atoms with Crippen molar-refractivity contribution in [2.24, 2.45) is 0 Å². The number of amides is 2. The van der Waals surface area contributed by atoms with Crippen LogP contribution in [-0.2, 0) is 17.8 Å². The SMILES string of the molecule is O=C(NCC[C@@H]1CCCO1)N1Cc2ccccc2C1. The summed E-state index contributed by atoms with van der Waals surface area (Å²) in [7, 11) is 0. The third-order valence-electron chi connectivity index (χ3n) is 3.89. The number of urea groups is 1. The average molecular weight is 260 g/mol. The molecule has 0 aliphatic carbocycles. The Labute approximate surface area is 113 Å². The molecule has 1 aromatic rings. The lowest BCUT2D eigenvalue weighted by Gasteiger charge is -2.17. The van der Waals surface area contributed by atoms with Crippen molar-refractivity contribution in [1.29, 1.82) is 0 Å². The Kier molecular flexibility index (Phi) is 3.69. The Hall–Kier alpha value is -1.55. The molecule has 1 atom stereocenters. The molecule has 1 N–H and O–H groups in total. The van der Waals surface area contributed by atoms with Crippen molar-refractivity contribution >= 4 is 6.03 Å². The van der Waals surface area contributed by atoms with Crippen LogP contribution in [0.15, 0.2) is 24.3 Å². The number of fused-ring (bicyclic) bond motifs is 1. The Balaban J connectivity index is 1.44. The van der Waals surface area contributed by atoms with Crippen molar-refractivity contribution in [3.05, 3.63) is 35.4 Å². The predicted octanol–water partition coefficient (Wildman–Crippen LogP) is 2.28. The highest BCUT2D eigenvalue weighted by Crippen LogP contribution is 2.22. The topological polar surface area (TPSA) is 41.6 Å². The van der Waals surface area contributed by atoms with Gasteiger partial charge in [0.05, 0.1) is 6.10 Å². The molecule has 2 aliphatic rings. The Morgan fingerprint density at radius 1 is 1.32 bits per heavy atom. The molecule has 0 spiro atoms. The number of nitrogens with zero attached hydrogens (tertiary/aromatic N) is 1. The van der Waals surface area contributed by atoms with Crippen molar-refractivity contribution in [2.45, 2.75) is 38.5 Å². The van der Waals surface area contributed by atoms with Gasteiger partial charge >= 0.3 is 6.03 Å². The molecule has 0 unspecified atom stereocenters. The largest absolute Gasteiger partial charge is 0.378 e. The van der Waals surface area contributed by atoms with E-state index in [1.165, 1.54) is 11.1 Å². The maximum atomic E-state index is 12.1. The summed E-state index contributed by atoms with van der Waals surface area (Å²) >= 11 is 0. The van der Waals surface area contributed by atoms with Gasteiger partial charge < -0.3 is 15.0 Å². The smallest absolute Gasteiger partial charge is 0.318 e. The number of ether oxygens (including phenoxy) is 1. The summed E-state index contributed by atoms with van der Waals surface area (Å²) in [4.78, 5) is 13.9.